The Hall–Kier alpha value is -7.42. The van der Waals surface area contributed by atoms with Crippen molar-refractivity contribution in [3.05, 3.63) is 229 Å². The van der Waals surface area contributed by atoms with Gasteiger partial charge in [0.1, 0.15) is 0 Å². The molecule has 2 aliphatic carbocycles. The van der Waals surface area contributed by atoms with Crippen LogP contribution in [0.5, 0.6) is 0 Å². The second-order valence-electron chi connectivity index (χ2n) is 18.2. The number of hydrogen-bond donors (Lipinski definition) is 0. The summed E-state index contributed by atoms with van der Waals surface area (Å²) >= 11 is 0. The van der Waals surface area contributed by atoms with Gasteiger partial charge in [-0.2, -0.15) is 0 Å². The predicted molar refractivity (Wildman–Crippen MR) is 261 cm³/mol. The van der Waals surface area contributed by atoms with Gasteiger partial charge in [-0.15, -0.1) is 0 Å². The number of rotatable bonds is 6. The molecule has 296 valence electrons. The maximum Gasteiger partial charge on any atom is 0.0541 e. The molecule has 0 fully saturated rings. The van der Waals surface area contributed by atoms with Gasteiger partial charge in [-0.1, -0.05) is 155 Å². The number of nitrogens with zero attached hydrogens (tertiary/aromatic N) is 2. The summed E-state index contributed by atoms with van der Waals surface area (Å²) in [4.78, 5) is 2.39. The van der Waals surface area contributed by atoms with Crippen LogP contribution in [0.1, 0.15) is 49.9 Å². The highest BCUT2D eigenvalue weighted by atomic mass is 15.1. The molecule has 12 rings (SSSR count). The Morgan fingerprint density at radius 1 is 0.323 bits per heavy atom. The summed E-state index contributed by atoms with van der Waals surface area (Å²) in [5.74, 6) is 0. The van der Waals surface area contributed by atoms with Gasteiger partial charge in [0.25, 0.3) is 0 Å². The van der Waals surface area contributed by atoms with Crippen LogP contribution in [0.3, 0.4) is 0 Å². The van der Waals surface area contributed by atoms with E-state index >= 15 is 0 Å². The fourth-order valence-electron chi connectivity index (χ4n) is 10.8. The zero-order valence-electron chi connectivity index (χ0n) is 35.5. The summed E-state index contributed by atoms with van der Waals surface area (Å²) in [6, 6.07) is 76.5. The molecule has 0 unspecified atom stereocenters. The van der Waals surface area contributed by atoms with E-state index in [0.29, 0.717) is 0 Å². The quantitative estimate of drug-likeness (QED) is 0.163. The first-order valence-corrected chi connectivity index (χ1v) is 21.8. The van der Waals surface area contributed by atoms with Crippen molar-refractivity contribution >= 4 is 38.9 Å². The van der Waals surface area contributed by atoms with Crippen molar-refractivity contribution in [1.82, 2.24) is 4.57 Å². The average molecular weight is 795 g/mol. The van der Waals surface area contributed by atoms with Gasteiger partial charge in [-0.3, -0.25) is 0 Å². The molecule has 2 heteroatoms. The van der Waals surface area contributed by atoms with E-state index in [1.165, 1.54) is 88.6 Å². The average Bonchev–Trinajstić information content (AvgIpc) is 3.86. The summed E-state index contributed by atoms with van der Waals surface area (Å²) in [5, 5.41) is 2.49. The SMILES string of the molecule is CC1(C)c2ccccc2-c2ccc(-c3ccc4c(c3)c3cc(-c5ccc(N(c6ccccc6)c6ccc7c(c6)C(C)(C)c6ccccc6-7)cc5)ccc3n4-c3ccccc3)cc21. The van der Waals surface area contributed by atoms with Crippen LogP contribution in [0.4, 0.5) is 17.1 Å². The lowest BCUT2D eigenvalue weighted by Gasteiger charge is -2.28. The van der Waals surface area contributed by atoms with Crippen molar-refractivity contribution in [2.24, 2.45) is 0 Å². The van der Waals surface area contributed by atoms with E-state index in [0.717, 1.165) is 22.7 Å². The van der Waals surface area contributed by atoms with Gasteiger partial charge < -0.3 is 9.47 Å². The van der Waals surface area contributed by atoms with Crippen LogP contribution in [-0.2, 0) is 10.8 Å². The Morgan fingerprint density at radius 2 is 0.742 bits per heavy atom. The van der Waals surface area contributed by atoms with E-state index in [-0.39, 0.29) is 10.8 Å². The zero-order valence-corrected chi connectivity index (χ0v) is 35.5. The Balaban J connectivity index is 0.956. The highest BCUT2D eigenvalue weighted by Gasteiger charge is 2.37. The Bertz CT molecular complexity index is 3390. The van der Waals surface area contributed by atoms with Crippen LogP contribution >= 0.6 is 0 Å². The van der Waals surface area contributed by atoms with Gasteiger partial charge in [0.2, 0.25) is 0 Å². The van der Waals surface area contributed by atoms with Gasteiger partial charge in [-0.25, -0.2) is 0 Å². The minimum absolute atomic E-state index is 0.0530. The molecule has 1 heterocycles. The number of anilines is 3. The highest BCUT2D eigenvalue weighted by Crippen LogP contribution is 2.52. The van der Waals surface area contributed by atoms with Crippen LogP contribution in [0.15, 0.2) is 206 Å². The minimum atomic E-state index is -0.0815. The second-order valence-corrected chi connectivity index (χ2v) is 18.2. The minimum Gasteiger partial charge on any atom is -0.310 e. The number of hydrogen-bond acceptors (Lipinski definition) is 1. The highest BCUT2D eigenvalue weighted by molar-refractivity contribution is 6.11. The molecule has 0 saturated carbocycles. The number of aromatic nitrogens is 1. The molecule has 1 aromatic heterocycles. The molecule has 0 spiro atoms. The topological polar surface area (TPSA) is 8.17 Å². The monoisotopic (exact) mass is 794 g/mol. The van der Waals surface area contributed by atoms with Crippen LogP contribution in [-0.4, -0.2) is 4.57 Å². The lowest BCUT2D eigenvalue weighted by atomic mass is 9.81. The standard InChI is InChI=1S/C60H46N2/c1-59(2)53-21-13-11-19-47(53)49-31-25-42(37-55(49)59)41-27-34-58-52(36-41)51-35-40(26-33-57(51)62(58)44-17-9-6-10-18-44)39-23-28-45(29-24-39)61(43-15-7-5-8-16-43)46-30-32-50-48-20-12-14-22-54(48)60(3,4)56(50)38-46/h5-38H,1-4H3. The van der Waals surface area contributed by atoms with Gasteiger partial charge in [0.05, 0.1) is 11.0 Å². The van der Waals surface area contributed by atoms with E-state index in [9.17, 15) is 0 Å². The van der Waals surface area contributed by atoms with E-state index in [4.69, 9.17) is 0 Å². The van der Waals surface area contributed by atoms with Crippen molar-refractivity contribution < 1.29 is 0 Å². The zero-order chi connectivity index (χ0) is 41.7. The Kier molecular flexibility index (Phi) is 7.96. The normalized spacial score (nSPS) is 14.1. The molecule has 0 atom stereocenters. The van der Waals surface area contributed by atoms with Crippen LogP contribution in [0.2, 0.25) is 0 Å². The van der Waals surface area contributed by atoms with Gasteiger partial charge in [0.15, 0.2) is 0 Å². The van der Waals surface area contributed by atoms with Crippen molar-refractivity contribution in [3.63, 3.8) is 0 Å². The molecule has 10 aromatic rings. The van der Waals surface area contributed by atoms with Gasteiger partial charge in [-0.05, 0) is 146 Å². The van der Waals surface area contributed by atoms with Crippen molar-refractivity contribution in [3.8, 4) is 50.2 Å². The molecule has 9 aromatic carbocycles. The fourth-order valence-corrected chi connectivity index (χ4v) is 10.8. The molecule has 0 N–H and O–H groups in total. The first-order valence-electron chi connectivity index (χ1n) is 21.8. The number of benzene rings is 9. The number of fused-ring (bicyclic) bond motifs is 9. The largest absolute Gasteiger partial charge is 0.310 e. The van der Waals surface area contributed by atoms with E-state index in [1.54, 1.807) is 0 Å². The maximum atomic E-state index is 2.43. The van der Waals surface area contributed by atoms with E-state index < -0.39 is 0 Å². The van der Waals surface area contributed by atoms with Gasteiger partial charge >= 0.3 is 0 Å². The summed E-state index contributed by atoms with van der Waals surface area (Å²) in [6.07, 6.45) is 0. The predicted octanol–water partition coefficient (Wildman–Crippen LogP) is 16.2. The molecular weight excluding hydrogens is 749 g/mol. The summed E-state index contributed by atoms with van der Waals surface area (Å²) < 4.78 is 2.41. The first kappa shape index (κ1) is 36.4. The molecule has 2 aliphatic rings. The molecule has 0 radical (unpaired) electrons. The van der Waals surface area contributed by atoms with Crippen LogP contribution in [0, 0.1) is 0 Å². The maximum absolute atomic E-state index is 2.43. The smallest absolute Gasteiger partial charge is 0.0541 e. The fraction of sp³-hybridized carbons (Fsp3) is 0.100. The molecule has 2 nitrogen and oxygen atoms in total. The van der Waals surface area contributed by atoms with Crippen molar-refractivity contribution in [2.75, 3.05) is 4.90 Å². The molecular formula is C60H46N2. The van der Waals surface area contributed by atoms with Crippen LogP contribution < -0.4 is 4.90 Å². The summed E-state index contributed by atoms with van der Waals surface area (Å²) in [5.41, 5.74) is 22.6. The molecule has 0 saturated heterocycles. The molecule has 0 aliphatic heterocycles. The molecule has 0 bridgehead atoms. The Labute approximate surface area is 364 Å². The summed E-state index contributed by atoms with van der Waals surface area (Å²) in [6.45, 7) is 9.42. The Morgan fingerprint density at radius 3 is 1.35 bits per heavy atom. The molecule has 0 amide bonds. The third-order valence-corrected chi connectivity index (χ3v) is 14.0. The van der Waals surface area contributed by atoms with E-state index in [2.05, 4.69) is 243 Å². The second kappa shape index (κ2) is 13.5. The lowest BCUT2D eigenvalue weighted by molar-refractivity contribution is 0.660. The van der Waals surface area contributed by atoms with E-state index in [1.807, 2.05) is 0 Å². The van der Waals surface area contributed by atoms with Crippen LogP contribution in [0.25, 0.3) is 72.0 Å². The number of para-hydroxylation sites is 2. The van der Waals surface area contributed by atoms with Crippen molar-refractivity contribution in [1.29, 1.82) is 0 Å². The third kappa shape index (κ3) is 5.43. The third-order valence-electron chi connectivity index (χ3n) is 14.0. The summed E-state index contributed by atoms with van der Waals surface area (Å²) in [7, 11) is 0. The molecule has 62 heavy (non-hydrogen) atoms. The first-order chi connectivity index (χ1) is 30.3. The van der Waals surface area contributed by atoms with Gasteiger partial charge in [0, 0.05) is 44.4 Å². The van der Waals surface area contributed by atoms with Crippen molar-refractivity contribution in [2.45, 2.75) is 38.5 Å². The lowest BCUT2D eigenvalue weighted by Crippen LogP contribution is -2.16.